The number of ether oxygens (including phenoxy) is 1. The summed E-state index contributed by atoms with van der Waals surface area (Å²) in [5.41, 5.74) is 2.29. The summed E-state index contributed by atoms with van der Waals surface area (Å²) in [5.74, 6) is -0.169. The van der Waals surface area contributed by atoms with Gasteiger partial charge in [-0.2, -0.15) is 13.9 Å². The molecule has 7 heteroatoms. The Labute approximate surface area is 138 Å². The quantitative estimate of drug-likeness (QED) is 0.913. The molecule has 0 radical (unpaired) electrons. The molecule has 2 aromatic rings. The fraction of sp³-hybridized carbons (Fsp3) is 0.412. The van der Waals surface area contributed by atoms with E-state index < -0.39 is 6.55 Å². The molecular formula is C17H19F2N3O2. The number of alkyl halides is 2. The largest absolute Gasteiger partial charge is 0.376 e. The van der Waals surface area contributed by atoms with Crippen LogP contribution in [0.15, 0.2) is 30.5 Å². The summed E-state index contributed by atoms with van der Waals surface area (Å²) in [5, 5.41) is 6.55. The van der Waals surface area contributed by atoms with E-state index in [2.05, 4.69) is 10.4 Å². The summed E-state index contributed by atoms with van der Waals surface area (Å²) in [6.45, 7) is 0.181. The lowest BCUT2D eigenvalue weighted by Gasteiger charge is -2.11. The number of benzene rings is 1. The summed E-state index contributed by atoms with van der Waals surface area (Å²) in [7, 11) is 0. The van der Waals surface area contributed by atoms with Crippen molar-refractivity contribution in [2.45, 2.75) is 32.4 Å². The maximum Gasteiger partial charge on any atom is 0.333 e. The first-order chi connectivity index (χ1) is 11.6. The Morgan fingerprint density at radius 2 is 2.17 bits per heavy atom. The van der Waals surface area contributed by atoms with E-state index >= 15 is 0 Å². The number of rotatable bonds is 5. The van der Waals surface area contributed by atoms with Crippen LogP contribution in [0.5, 0.6) is 0 Å². The molecule has 0 unspecified atom stereocenters. The molecule has 1 aliphatic heterocycles. The van der Waals surface area contributed by atoms with Gasteiger partial charge in [0.25, 0.3) is 5.91 Å². The van der Waals surface area contributed by atoms with Gasteiger partial charge in [-0.25, -0.2) is 4.68 Å². The number of amides is 1. The SMILES string of the molecule is Cc1c(-c2ccc(C(=O)NC[C@H]3CCCO3)cc2)cnn1C(F)F. The van der Waals surface area contributed by atoms with Crippen LogP contribution in [0.2, 0.25) is 0 Å². The first-order valence-corrected chi connectivity index (χ1v) is 7.89. The molecule has 2 heterocycles. The van der Waals surface area contributed by atoms with Gasteiger partial charge in [0.2, 0.25) is 0 Å². The Kier molecular flexibility index (Phi) is 4.89. The molecule has 1 saturated heterocycles. The van der Waals surface area contributed by atoms with Crippen molar-refractivity contribution in [2.24, 2.45) is 0 Å². The lowest BCUT2D eigenvalue weighted by Crippen LogP contribution is -2.31. The Bertz CT molecular complexity index is 707. The van der Waals surface area contributed by atoms with E-state index in [0.29, 0.717) is 28.0 Å². The van der Waals surface area contributed by atoms with Gasteiger partial charge in [0, 0.05) is 30.0 Å². The minimum absolute atomic E-state index is 0.0936. The van der Waals surface area contributed by atoms with Gasteiger partial charge in [-0.05, 0) is 37.5 Å². The molecule has 5 nitrogen and oxygen atoms in total. The van der Waals surface area contributed by atoms with Gasteiger partial charge in [-0.15, -0.1) is 0 Å². The average molecular weight is 335 g/mol. The molecule has 1 aromatic carbocycles. The molecule has 1 atom stereocenters. The van der Waals surface area contributed by atoms with E-state index in [4.69, 9.17) is 4.74 Å². The predicted octanol–water partition coefficient (Wildman–Crippen LogP) is 3.16. The maximum atomic E-state index is 12.8. The molecule has 1 aliphatic rings. The van der Waals surface area contributed by atoms with Gasteiger partial charge in [0.15, 0.2) is 0 Å². The van der Waals surface area contributed by atoms with Gasteiger partial charge in [0.05, 0.1) is 12.3 Å². The minimum atomic E-state index is -2.67. The summed E-state index contributed by atoms with van der Waals surface area (Å²) in [6.07, 6.45) is 3.50. The summed E-state index contributed by atoms with van der Waals surface area (Å²) in [6, 6.07) is 6.83. The smallest absolute Gasteiger partial charge is 0.333 e. The third-order valence-electron chi connectivity index (χ3n) is 4.20. The Morgan fingerprint density at radius 3 is 2.75 bits per heavy atom. The number of nitrogens with one attached hydrogen (secondary N) is 1. The molecule has 0 spiro atoms. The van der Waals surface area contributed by atoms with Crippen LogP contribution in [0, 0.1) is 6.92 Å². The predicted molar refractivity (Wildman–Crippen MR) is 85.0 cm³/mol. The van der Waals surface area contributed by atoms with Gasteiger partial charge < -0.3 is 10.1 Å². The van der Waals surface area contributed by atoms with Crippen molar-refractivity contribution in [3.05, 3.63) is 41.7 Å². The number of carbonyl (C=O) groups excluding carboxylic acids is 1. The lowest BCUT2D eigenvalue weighted by molar-refractivity contribution is 0.0545. The number of hydrogen-bond acceptors (Lipinski definition) is 3. The summed E-state index contributed by atoms with van der Waals surface area (Å²) >= 11 is 0. The topological polar surface area (TPSA) is 56.1 Å². The van der Waals surface area contributed by atoms with Crippen molar-refractivity contribution < 1.29 is 18.3 Å². The van der Waals surface area contributed by atoms with Crippen molar-refractivity contribution in [3.8, 4) is 11.1 Å². The summed E-state index contributed by atoms with van der Waals surface area (Å²) < 4.78 is 31.7. The highest BCUT2D eigenvalue weighted by Gasteiger charge is 2.17. The number of carbonyl (C=O) groups is 1. The molecule has 0 saturated carbocycles. The molecule has 0 aliphatic carbocycles. The lowest BCUT2D eigenvalue weighted by atomic mass is 10.0. The molecule has 128 valence electrons. The molecule has 1 N–H and O–H groups in total. The van der Waals surface area contributed by atoms with Gasteiger partial charge in [-0.3, -0.25) is 4.79 Å². The zero-order chi connectivity index (χ0) is 17.1. The van der Waals surface area contributed by atoms with Gasteiger partial charge >= 0.3 is 6.55 Å². The highest BCUT2D eigenvalue weighted by molar-refractivity contribution is 5.94. The van der Waals surface area contributed by atoms with E-state index in [1.54, 1.807) is 31.2 Å². The van der Waals surface area contributed by atoms with E-state index in [1.807, 2.05) is 0 Å². The second-order valence-electron chi connectivity index (χ2n) is 5.79. The minimum Gasteiger partial charge on any atom is -0.376 e. The second kappa shape index (κ2) is 7.09. The Hall–Kier alpha value is -2.28. The molecule has 1 fully saturated rings. The Morgan fingerprint density at radius 1 is 1.42 bits per heavy atom. The number of hydrogen-bond donors (Lipinski definition) is 1. The average Bonchev–Trinajstić information content (AvgIpc) is 3.22. The van der Waals surface area contributed by atoms with Crippen LogP contribution in [0.1, 0.15) is 35.4 Å². The van der Waals surface area contributed by atoms with E-state index in [-0.39, 0.29) is 12.0 Å². The van der Waals surface area contributed by atoms with Crippen LogP contribution in [-0.4, -0.2) is 34.9 Å². The summed E-state index contributed by atoms with van der Waals surface area (Å²) in [4.78, 5) is 12.1. The number of aromatic nitrogens is 2. The molecule has 0 bridgehead atoms. The fourth-order valence-electron chi connectivity index (χ4n) is 2.82. The van der Waals surface area contributed by atoms with Crippen molar-refractivity contribution >= 4 is 5.91 Å². The number of nitrogens with zero attached hydrogens (tertiary/aromatic N) is 2. The second-order valence-corrected chi connectivity index (χ2v) is 5.79. The van der Waals surface area contributed by atoms with Crippen LogP contribution in [0.25, 0.3) is 11.1 Å². The normalized spacial score (nSPS) is 17.4. The monoisotopic (exact) mass is 335 g/mol. The molecule has 1 aromatic heterocycles. The van der Waals surface area contributed by atoms with Crippen LogP contribution >= 0.6 is 0 Å². The third kappa shape index (κ3) is 3.46. The zero-order valence-electron chi connectivity index (χ0n) is 13.3. The standard InChI is InChI=1S/C17H19F2N3O2/c1-11-15(10-21-22(11)17(18)19)12-4-6-13(7-5-12)16(23)20-9-14-3-2-8-24-14/h4-7,10,14,17H,2-3,8-9H2,1H3,(H,20,23)/t14-/m1/s1. The van der Waals surface area contributed by atoms with Gasteiger partial charge in [0.1, 0.15) is 0 Å². The first-order valence-electron chi connectivity index (χ1n) is 7.89. The molecule has 1 amide bonds. The fourth-order valence-corrected chi connectivity index (χ4v) is 2.82. The first kappa shape index (κ1) is 16.6. The number of halogens is 2. The van der Waals surface area contributed by atoms with Crippen molar-refractivity contribution in [3.63, 3.8) is 0 Å². The zero-order valence-corrected chi connectivity index (χ0v) is 13.3. The van der Waals surface area contributed by atoms with E-state index in [9.17, 15) is 13.6 Å². The van der Waals surface area contributed by atoms with E-state index in [0.717, 1.165) is 25.0 Å². The highest BCUT2D eigenvalue weighted by Crippen LogP contribution is 2.26. The van der Waals surface area contributed by atoms with Crippen LogP contribution in [0.3, 0.4) is 0 Å². The van der Waals surface area contributed by atoms with Crippen LogP contribution in [-0.2, 0) is 4.74 Å². The molecule has 24 heavy (non-hydrogen) atoms. The van der Waals surface area contributed by atoms with E-state index in [1.165, 1.54) is 6.20 Å². The maximum absolute atomic E-state index is 12.8. The molecular weight excluding hydrogens is 316 g/mol. The van der Waals surface area contributed by atoms with Gasteiger partial charge in [-0.1, -0.05) is 12.1 Å². The highest BCUT2D eigenvalue weighted by atomic mass is 19.3. The van der Waals surface area contributed by atoms with Crippen LogP contribution in [0.4, 0.5) is 8.78 Å². The van der Waals surface area contributed by atoms with Crippen molar-refractivity contribution in [2.75, 3.05) is 13.2 Å². The van der Waals surface area contributed by atoms with Crippen molar-refractivity contribution in [1.29, 1.82) is 0 Å². The third-order valence-corrected chi connectivity index (χ3v) is 4.20. The molecule has 3 rings (SSSR count). The Balaban J connectivity index is 1.67. The van der Waals surface area contributed by atoms with Crippen molar-refractivity contribution in [1.82, 2.24) is 15.1 Å². The van der Waals surface area contributed by atoms with Crippen LogP contribution < -0.4 is 5.32 Å².